The highest BCUT2D eigenvalue weighted by Crippen LogP contribution is 2.60. The maximum absolute atomic E-state index is 12.1. The molecule has 2 aliphatic rings. The number of nitro benzene ring substituents is 3. The van der Waals surface area contributed by atoms with Crippen LogP contribution in [-0.4, -0.2) is 27.6 Å². The van der Waals surface area contributed by atoms with Gasteiger partial charge in [0.05, 0.1) is 39.7 Å². The van der Waals surface area contributed by atoms with Crippen molar-refractivity contribution in [2.24, 2.45) is 16.7 Å². The lowest BCUT2D eigenvalue weighted by Crippen LogP contribution is -2.80. The van der Waals surface area contributed by atoms with Crippen LogP contribution in [-0.2, 0) is 4.79 Å². The fraction of sp³-hybridized carbons (Fsp3) is 0.500. The van der Waals surface area contributed by atoms with E-state index < -0.39 is 37.6 Å². The van der Waals surface area contributed by atoms with Gasteiger partial charge in [0, 0.05) is 17.4 Å². The Morgan fingerprint density at radius 3 is 1.90 bits per heavy atom. The van der Waals surface area contributed by atoms with Gasteiger partial charge in [-0.1, -0.05) is 20.8 Å². The summed E-state index contributed by atoms with van der Waals surface area (Å²) in [6, 6.07) is 0.769. The van der Waals surface area contributed by atoms with E-state index in [1.807, 2.05) is 13.1 Å². The van der Waals surface area contributed by atoms with Crippen molar-refractivity contribution in [2.45, 2.75) is 33.6 Å². The van der Waals surface area contributed by atoms with E-state index in [2.05, 4.69) is 26.1 Å². The van der Waals surface area contributed by atoms with Crippen molar-refractivity contribution in [2.75, 3.05) is 7.05 Å². The SMILES string of the molecule is C[NH2+]C1=CC(=O)C2(C)CCC1C2(C)C.O=[N+]([O-])c1cc([N+](=O)[O-])c([O-])c([N+](=O)[O-])c1. The number of allylic oxidation sites excluding steroid dienone is 2. The fourth-order valence-corrected chi connectivity index (χ4v) is 4.18. The smallest absolute Gasteiger partial charge is 0.283 e. The number of carbonyl (C=O) groups is 1. The van der Waals surface area contributed by atoms with Gasteiger partial charge in [-0.2, -0.15) is 0 Å². The van der Waals surface area contributed by atoms with Gasteiger partial charge in [-0.3, -0.25) is 35.1 Å². The molecule has 3 rings (SSSR count). The zero-order chi connectivity index (χ0) is 23.0. The molecule has 0 heterocycles. The molecule has 1 saturated carbocycles. The summed E-state index contributed by atoms with van der Waals surface area (Å²) in [4.78, 5) is 39.6. The Bertz CT molecular complexity index is 936. The molecule has 0 aromatic heterocycles. The van der Waals surface area contributed by atoms with Gasteiger partial charge in [0.15, 0.2) is 5.78 Å². The second-order valence-corrected chi connectivity index (χ2v) is 8.03. The monoisotopic (exact) mass is 422 g/mol. The van der Waals surface area contributed by atoms with E-state index in [1.165, 1.54) is 12.1 Å². The minimum Gasteiger partial charge on any atom is -0.863 e. The zero-order valence-corrected chi connectivity index (χ0v) is 16.9. The van der Waals surface area contributed by atoms with Gasteiger partial charge < -0.3 is 10.4 Å². The Morgan fingerprint density at radius 2 is 1.50 bits per heavy atom. The van der Waals surface area contributed by atoms with E-state index in [4.69, 9.17) is 0 Å². The summed E-state index contributed by atoms with van der Waals surface area (Å²) >= 11 is 0. The number of carbonyl (C=O) groups excluding carboxylic acids is 1. The van der Waals surface area contributed by atoms with Crippen molar-refractivity contribution in [3.05, 3.63) is 54.2 Å². The summed E-state index contributed by atoms with van der Waals surface area (Å²) in [6.45, 7) is 6.64. The summed E-state index contributed by atoms with van der Waals surface area (Å²) < 4.78 is 0. The molecule has 0 aliphatic heterocycles. The van der Waals surface area contributed by atoms with Crippen molar-refractivity contribution in [3.63, 3.8) is 0 Å². The molecule has 2 bridgehead atoms. The van der Waals surface area contributed by atoms with Gasteiger partial charge in [0.25, 0.3) is 17.1 Å². The third-order valence-corrected chi connectivity index (χ3v) is 6.44. The average Bonchev–Trinajstić information content (AvgIpc) is 2.80. The third-order valence-electron chi connectivity index (χ3n) is 6.44. The predicted octanol–water partition coefficient (Wildman–Crippen LogP) is 1.57. The number of non-ortho nitro benzene ring substituents is 1. The first-order valence-corrected chi connectivity index (χ1v) is 9.11. The summed E-state index contributed by atoms with van der Waals surface area (Å²) in [7, 11) is 2.04. The number of nitrogens with zero attached hydrogens (tertiary/aromatic N) is 3. The van der Waals surface area contributed by atoms with Crippen LogP contribution in [0.2, 0.25) is 0 Å². The highest BCUT2D eigenvalue weighted by atomic mass is 16.6. The van der Waals surface area contributed by atoms with E-state index in [9.17, 15) is 40.2 Å². The Hall–Kier alpha value is -3.41. The third kappa shape index (κ3) is 3.61. The first-order chi connectivity index (χ1) is 13.8. The van der Waals surface area contributed by atoms with Crippen molar-refractivity contribution < 1.29 is 30.0 Å². The molecule has 1 aromatic rings. The standard InChI is InChI=1S/C12H19NO.C6H3N3O7/c1-11(2)8-5-6-12(11,3)10(14)7-9(8)13-4;10-6-4(8(13)14)1-3(7(11)12)2-5(6)9(15)16/h7-8,13H,5-6H2,1-4H3;1-2,10H. The number of hydrogen-bond acceptors (Lipinski definition) is 8. The quantitative estimate of drug-likeness (QED) is 0.559. The number of ketones is 1. The average molecular weight is 422 g/mol. The highest BCUT2D eigenvalue weighted by molar-refractivity contribution is 5.97. The van der Waals surface area contributed by atoms with Crippen LogP contribution in [0.3, 0.4) is 0 Å². The Kier molecular flexibility index (Phi) is 5.93. The number of quaternary nitrogens is 1. The van der Waals surface area contributed by atoms with Crippen LogP contribution in [0, 0.1) is 47.1 Å². The van der Waals surface area contributed by atoms with E-state index in [1.54, 1.807) is 0 Å². The number of rotatable bonds is 4. The molecule has 2 aliphatic carbocycles. The van der Waals surface area contributed by atoms with Crippen LogP contribution in [0.5, 0.6) is 5.75 Å². The topological polar surface area (TPSA) is 186 Å². The minimum atomic E-state index is -1.46. The van der Waals surface area contributed by atoms with Crippen LogP contribution in [0.1, 0.15) is 33.6 Å². The molecule has 2 N–H and O–H groups in total. The molecule has 1 fully saturated rings. The van der Waals surface area contributed by atoms with E-state index in [0.29, 0.717) is 23.8 Å². The van der Waals surface area contributed by atoms with Crippen LogP contribution >= 0.6 is 0 Å². The normalized spacial score (nSPS) is 23.8. The van der Waals surface area contributed by atoms with Crippen LogP contribution in [0.15, 0.2) is 23.9 Å². The molecule has 12 nitrogen and oxygen atoms in total. The molecule has 0 spiro atoms. The molecule has 1 aromatic carbocycles. The van der Waals surface area contributed by atoms with Crippen molar-refractivity contribution in [1.29, 1.82) is 0 Å². The largest absolute Gasteiger partial charge is 0.863 e. The number of hydrogen-bond donors (Lipinski definition) is 1. The molecule has 0 saturated heterocycles. The lowest BCUT2D eigenvalue weighted by atomic mass is 9.60. The second kappa shape index (κ2) is 7.78. The van der Waals surface area contributed by atoms with Crippen LogP contribution < -0.4 is 10.4 Å². The number of fused-ring (bicyclic) bond motifs is 2. The van der Waals surface area contributed by atoms with Gasteiger partial charge >= 0.3 is 0 Å². The van der Waals surface area contributed by atoms with E-state index in [-0.39, 0.29) is 10.8 Å². The number of nitro groups is 3. The zero-order valence-electron chi connectivity index (χ0n) is 16.9. The first kappa shape index (κ1) is 22.9. The van der Waals surface area contributed by atoms with E-state index in [0.717, 1.165) is 6.42 Å². The van der Waals surface area contributed by atoms with Crippen molar-refractivity contribution >= 4 is 22.8 Å². The predicted molar refractivity (Wildman–Crippen MR) is 101 cm³/mol. The second-order valence-electron chi connectivity index (χ2n) is 8.03. The summed E-state index contributed by atoms with van der Waals surface area (Å²) in [6.07, 6.45) is 4.10. The molecular weight excluding hydrogens is 400 g/mol. The number of nitrogens with two attached hydrogens (primary N) is 1. The molecule has 30 heavy (non-hydrogen) atoms. The molecule has 2 atom stereocenters. The molecular formula is C18H22N4O8. The van der Waals surface area contributed by atoms with Gasteiger partial charge in [-0.25, -0.2) is 0 Å². The molecule has 0 radical (unpaired) electrons. The lowest BCUT2D eigenvalue weighted by Gasteiger charge is -2.42. The Morgan fingerprint density at radius 1 is 1.00 bits per heavy atom. The van der Waals surface area contributed by atoms with Crippen molar-refractivity contribution in [1.82, 2.24) is 0 Å². The van der Waals surface area contributed by atoms with Crippen molar-refractivity contribution in [3.8, 4) is 5.75 Å². The maximum Gasteiger partial charge on any atom is 0.283 e. The summed E-state index contributed by atoms with van der Waals surface area (Å²) in [5.41, 5.74) is -1.97. The first-order valence-electron chi connectivity index (χ1n) is 9.11. The molecule has 162 valence electrons. The van der Waals surface area contributed by atoms with Gasteiger partial charge in [0.2, 0.25) is 0 Å². The Balaban J connectivity index is 0.000000215. The molecule has 0 amide bonds. The number of benzene rings is 1. The van der Waals surface area contributed by atoms with E-state index >= 15 is 0 Å². The summed E-state index contributed by atoms with van der Waals surface area (Å²) in [5.74, 6) is -0.528. The molecule has 2 unspecified atom stereocenters. The lowest BCUT2D eigenvalue weighted by molar-refractivity contribution is -0.585. The van der Waals surface area contributed by atoms with Crippen LogP contribution in [0.25, 0.3) is 0 Å². The van der Waals surface area contributed by atoms with Gasteiger partial charge in [-0.05, 0) is 18.3 Å². The molecule has 12 heteroatoms. The highest BCUT2D eigenvalue weighted by Gasteiger charge is 2.59. The minimum absolute atomic E-state index is 0.107. The summed E-state index contributed by atoms with van der Waals surface area (Å²) in [5, 5.41) is 44.2. The van der Waals surface area contributed by atoms with Gasteiger partial charge in [-0.15, -0.1) is 0 Å². The van der Waals surface area contributed by atoms with Crippen LogP contribution in [0.4, 0.5) is 17.1 Å². The van der Waals surface area contributed by atoms with Gasteiger partial charge in [0.1, 0.15) is 5.70 Å². The maximum atomic E-state index is 12.1. The fourth-order valence-electron chi connectivity index (χ4n) is 4.18. The Labute approximate surface area is 171 Å².